The van der Waals surface area contributed by atoms with Gasteiger partial charge in [-0.25, -0.2) is 0 Å². The number of nitrogens with two attached hydrogens (primary N) is 1. The first-order chi connectivity index (χ1) is 7.61. The predicted molar refractivity (Wildman–Crippen MR) is 67.1 cm³/mol. The number of methoxy groups -OCH3 is 1. The maximum absolute atomic E-state index is 5.66. The highest BCUT2D eigenvalue weighted by molar-refractivity contribution is 5.36. The Hall–Kier alpha value is -1.06. The first kappa shape index (κ1) is 13.0. The van der Waals surface area contributed by atoms with Crippen molar-refractivity contribution >= 4 is 0 Å². The third-order valence-electron chi connectivity index (χ3n) is 3.23. The number of hydrogen-bond donors (Lipinski definition) is 2. The van der Waals surface area contributed by atoms with Crippen LogP contribution in [-0.2, 0) is 0 Å². The molecule has 3 N–H and O–H groups in total. The molecule has 0 amide bonds. The van der Waals surface area contributed by atoms with E-state index in [0.717, 1.165) is 11.3 Å². The Balaban J connectivity index is 3.03. The van der Waals surface area contributed by atoms with Crippen molar-refractivity contribution in [3.05, 3.63) is 29.8 Å². The molecular weight excluding hydrogens is 200 g/mol. The van der Waals surface area contributed by atoms with E-state index in [9.17, 15) is 0 Å². The minimum absolute atomic E-state index is 0.121. The average molecular weight is 222 g/mol. The summed E-state index contributed by atoms with van der Waals surface area (Å²) in [5.74, 6) is 7.56. The molecule has 90 valence electrons. The van der Waals surface area contributed by atoms with E-state index in [1.807, 2.05) is 18.2 Å². The van der Waals surface area contributed by atoms with Gasteiger partial charge in [-0.2, -0.15) is 0 Å². The van der Waals surface area contributed by atoms with Crippen molar-refractivity contribution in [3.63, 3.8) is 0 Å². The van der Waals surface area contributed by atoms with Gasteiger partial charge >= 0.3 is 0 Å². The Morgan fingerprint density at radius 2 is 1.81 bits per heavy atom. The maximum atomic E-state index is 5.66. The van der Waals surface area contributed by atoms with Gasteiger partial charge in [0, 0.05) is 5.56 Å². The normalized spacial score (nSPS) is 14.9. The second-order valence-electron chi connectivity index (χ2n) is 4.49. The van der Waals surface area contributed by atoms with Crippen molar-refractivity contribution in [2.75, 3.05) is 7.11 Å². The summed E-state index contributed by atoms with van der Waals surface area (Å²) in [6.45, 7) is 6.59. The fourth-order valence-corrected chi connectivity index (χ4v) is 1.83. The van der Waals surface area contributed by atoms with Crippen molar-refractivity contribution in [3.8, 4) is 5.75 Å². The molecule has 0 aliphatic heterocycles. The molecule has 0 aromatic heterocycles. The molecule has 1 aromatic rings. The molecule has 1 rings (SSSR count). The van der Waals surface area contributed by atoms with Crippen LogP contribution in [0.25, 0.3) is 0 Å². The summed E-state index contributed by atoms with van der Waals surface area (Å²) in [7, 11) is 1.69. The Kier molecular flexibility index (Phi) is 4.77. The van der Waals surface area contributed by atoms with E-state index in [1.54, 1.807) is 7.11 Å². The molecule has 0 aliphatic rings. The largest absolute Gasteiger partial charge is 0.496 e. The van der Waals surface area contributed by atoms with Crippen LogP contribution in [0.2, 0.25) is 0 Å². The Labute approximate surface area is 98.0 Å². The van der Waals surface area contributed by atoms with E-state index in [-0.39, 0.29) is 6.04 Å². The van der Waals surface area contributed by atoms with E-state index in [4.69, 9.17) is 10.6 Å². The molecule has 0 saturated carbocycles. The zero-order chi connectivity index (χ0) is 12.1. The molecular formula is C13H22N2O. The number of para-hydroxylation sites is 1. The highest BCUT2D eigenvalue weighted by atomic mass is 16.5. The monoisotopic (exact) mass is 222 g/mol. The van der Waals surface area contributed by atoms with Crippen LogP contribution in [0.15, 0.2) is 24.3 Å². The third-order valence-corrected chi connectivity index (χ3v) is 3.23. The van der Waals surface area contributed by atoms with Crippen LogP contribution in [0.4, 0.5) is 0 Å². The number of rotatable bonds is 5. The molecule has 0 fully saturated rings. The minimum atomic E-state index is 0.121. The van der Waals surface area contributed by atoms with E-state index < -0.39 is 0 Å². The molecule has 1 aromatic carbocycles. The Morgan fingerprint density at radius 3 is 2.31 bits per heavy atom. The van der Waals surface area contributed by atoms with E-state index in [0.29, 0.717) is 11.8 Å². The lowest BCUT2D eigenvalue weighted by molar-refractivity contribution is 0.296. The molecule has 16 heavy (non-hydrogen) atoms. The summed E-state index contributed by atoms with van der Waals surface area (Å²) >= 11 is 0. The van der Waals surface area contributed by atoms with Crippen LogP contribution in [0.5, 0.6) is 5.75 Å². The lowest BCUT2D eigenvalue weighted by Crippen LogP contribution is -2.34. The molecule has 2 unspecified atom stereocenters. The van der Waals surface area contributed by atoms with Crippen LogP contribution in [-0.4, -0.2) is 7.11 Å². The van der Waals surface area contributed by atoms with Gasteiger partial charge in [-0.3, -0.25) is 11.3 Å². The van der Waals surface area contributed by atoms with Gasteiger partial charge in [-0.15, -0.1) is 0 Å². The topological polar surface area (TPSA) is 47.3 Å². The Morgan fingerprint density at radius 1 is 1.19 bits per heavy atom. The summed E-state index contributed by atoms with van der Waals surface area (Å²) in [5, 5.41) is 0. The number of ether oxygens (including phenoxy) is 1. The van der Waals surface area contributed by atoms with Gasteiger partial charge in [0.2, 0.25) is 0 Å². The third kappa shape index (κ3) is 2.74. The van der Waals surface area contributed by atoms with Crippen LogP contribution < -0.4 is 16.0 Å². The molecule has 0 bridgehead atoms. The van der Waals surface area contributed by atoms with Gasteiger partial charge in [0.15, 0.2) is 0 Å². The summed E-state index contributed by atoms with van der Waals surface area (Å²) < 4.78 is 5.36. The van der Waals surface area contributed by atoms with Gasteiger partial charge < -0.3 is 4.74 Å². The zero-order valence-electron chi connectivity index (χ0n) is 10.5. The van der Waals surface area contributed by atoms with Gasteiger partial charge in [0.1, 0.15) is 5.75 Å². The maximum Gasteiger partial charge on any atom is 0.123 e. The number of hydrogen-bond acceptors (Lipinski definition) is 3. The van der Waals surface area contributed by atoms with Crippen molar-refractivity contribution in [2.24, 2.45) is 17.7 Å². The van der Waals surface area contributed by atoms with Crippen molar-refractivity contribution in [1.29, 1.82) is 0 Å². The molecule has 0 heterocycles. The molecule has 0 aliphatic carbocycles. The molecule has 0 spiro atoms. The van der Waals surface area contributed by atoms with Crippen LogP contribution in [0.3, 0.4) is 0 Å². The summed E-state index contributed by atoms with van der Waals surface area (Å²) in [5.41, 5.74) is 4.01. The van der Waals surface area contributed by atoms with Crippen molar-refractivity contribution in [1.82, 2.24) is 5.43 Å². The summed E-state index contributed by atoms with van der Waals surface area (Å²) in [4.78, 5) is 0. The lowest BCUT2D eigenvalue weighted by Gasteiger charge is -2.27. The lowest BCUT2D eigenvalue weighted by atomic mass is 9.86. The van der Waals surface area contributed by atoms with Crippen molar-refractivity contribution < 1.29 is 4.74 Å². The summed E-state index contributed by atoms with van der Waals surface area (Å²) in [6, 6.07) is 8.12. The highest BCUT2D eigenvalue weighted by Crippen LogP contribution is 2.32. The fraction of sp³-hybridized carbons (Fsp3) is 0.538. The van der Waals surface area contributed by atoms with E-state index >= 15 is 0 Å². The first-order valence-corrected chi connectivity index (χ1v) is 5.70. The second kappa shape index (κ2) is 5.87. The molecule has 3 nitrogen and oxygen atoms in total. The number of benzene rings is 1. The smallest absolute Gasteiger partial charge is 0.123 e. The van der Waals surface area contributed by atoms with Crippen LogP contribution in [0, 0.1) is 11.8 Å². The highest BCUT2D eigenvalue weighted by Gasteiger charge is 2.23. The van der Waals surface area contributed by atoms with Crippen molar-refractivity contribution in [2.45, 2.75) is 26.8 Å². The number of hydrazine groups is 1. The van der Waals surface area contributed by atoms with Gasteiger partial charge in [-0.1, -0.05) is 39.0 Å². The molecule has 0 radical (unpaired) electrons. The standard InChI is InChI=1S/C13H22N2O/c1-9(2)10(3)13(15-14)11-7-5-6-8-12(11)16-4/h5-10,13,15H,14H2,1-4H3. The van der Waals surface area contributed by atoms with Gasteiger partial charge in [-0.05, 0) is 17.9 Å². The quantitative estimate of drug-likeness (QED) is 0.594. The zero-order valence-corrected chi connectivity index (χ0v) is 10.5. The first-order valence-electron chi connectivity index (χ1n) is 5.70. The molecule has 0 saturated heterocycles. The fourth-order valence-electron chi connectivity index (χ4n) is 1.83. The predicted octanol–water partition coefficient (Wildman–Crippen LogP) is 2.49. The van der Waals surface area contributed by atoms with Crippen LogP contribution in [0.1, 0.15) is 32.4 Å². The SMILES string of the molecule is COc1ccccc1C(NN)C(C)C(C)C. The van der Waals surface area contributed by atoms with Gasteiger partial charge in [0.25, 0.3) is 0 Å². The minimum Gasteiger partial charge on any atom is -0.496 e. The van der Waals surface area contributed by atoms with Gasteiger partial charge in [0.05, 0.1) is 13.2 Å². The second-order valence-corrected chi connectivity index (χ2v) is 4.49. The van der Waals surface area contributed by atoms with E-state index in [2.05, 4.69) is 32.3 Å². The Bertz CT molecular complexity index is 325. The number of nitrogens with one attached hydrogen (secondary N) is 1. The van der Waals surface area contributed by atoms with E-state index in [1.165, 1.54) is 0 Å². The van der Waals surface area contributed by atoms with Crippen LogP contribution >= 0.6 is 0 Å². The molecule has 2 atom stereocenters. The summed E-state index contributed by atoms with van der Waals surface area (Å²) in [6.07, 6.45) is 0. The average Bonchev–Trinajstić information content (AvgIpc) is 2.30. The molecule has 3 heteroatoms.